The van der Waals surface area contributed by atoms with Crippen LogP contribution in [-0.2, 0) is 0 Å². The minimum atomic E-state index is 0.787. The van der Waals surface area contributed by atoms with Crippen molar-refractivity contribution in [3.05, 3.63) is 71.8 Å². The average molecular weight is 252 g/mol. The Hall–Kier alpha value is -1.47. The number of allylic oxidation sites excluding steroid dienone is 1. The minimum absolute atomic E-state index is 0.787. The maximum absolute atomic E-state index is 2.34. The van der Waals surface area contributed by atoms with Gasteiger partial charge in [0, 0.05) is 10.6 Å². The van der Waals surface area contributed by atoms with E-state index in [1.54, 1.807) is 5.57 Å². The summed E-state index contributed by atoms with van der Waals surface area (Å²) in [6.07, 6.45) is 3.62. The third kappa shape index (κ3) is 3.05. The lowest BCUT2D eigenvalue weighted by atomic mass is 10.2. The van der Waals surface area contributed by atoms with Gasteiger partial charge in [0.2, 0.25) is 0 Å². The van der Waals surface area contributed by atoms with Crippen LogP contribution in [0.3, 0.4) is 0 Å². The smallest absolute Gasteiger partial charge is 0.00721 e. The summed E-state index contributed by atoms with van der Waals surface area (Å²) < 4.78 is 0. The highest BCUT2D eigenvalue weighted by Gasteiger charge is 2.28. The average Bonchev–Trinajstić information content (AvgIpc) is 3.17. The van der Waals surface area contributed by atoms with Gasteiger partial charge >= 0.3 is 0 Å². The highest BCUT2D eigenvalue weighted by molar-refractivity contribution is 7.99. The number of hydrogen-bond acceptors (Lipinski definition) is 1. The van der Waals surface area contributed by atoms with Gasteiger partial charge < -0.3 is 0 Å². The van der Waals surface area contributed by atoms with E-state index in [4.69, 9.17) is 0 Å². The number of rotatable bonds is 4. The molecular formula is C17H16S. The van der Waals surface area contributed by atoms with Crippen molar-refractivity contribution in [3.8, 4) is 0 Å². The summed E-state index contributed by atoms with van der Waals surface area (Å²) in [4.78, 5) is 1.38. The Bertz CT molecular complexity index is 528. The fraction of sp³-hybridized carbons (Fsp3) is 0.176. The zero-order valence-electron chi connectivity index (χ0n) is 10.3. The van der Waals surface area contributed by atoms with Gasteiger partial charge in [-0.2, -0.15) is 0 Å². The molecule has 0 radical (unpaired) electrons. The van der Waals surface area contributed by atoms with Gasteiger partial charge in [0.15, 0.2) is 0 Å². The summed E-state index contributed by atoms with van der Waals surface area (Å²) in [5, 5.41) is 0. The van der Waals surface area contributed by atoms with Crippen molar-refractivity contribution < 1.29 is 0 Å². The van der Waals surface area contributed by atoms with Gasteiger partial charge in [-0.3, -0.25) is 0 Å². The van der Waals surface area contributed by atoms with Gasteiger partial charge in [0.1, 0.15) is 0 Å². The van der Waals surface area contributed by atoms with Crippen molar-refractivity contribution in [1.29, 1.82) is 0 Å². The van der Waals surface area contributed by atoms with Crippen molar-refractivity contribution in [2.45, 2.75) is 11.3 Å². The van der Waals surface area contributed by atoms with Gasteiger partial charge in [0.25, 0.3) is 0 Å². The summed E-state index contributed by atoms with van der Waals surface area (Å²) in [5.74, 6) is 2.00. The normalized spacial score (nSPS) is 20.0. The molecule has 2 aromatic rings. The molecule has 0 aliphatic heterocycles. The maximum atomic E-state index is 2.34. The Balaban J connectivity index is 1.54. The lowest BCUT2D eigenvalue weighted by Gasteiger charge is -1.98. The Morgan fingerprint density at radius 1 is 0.944 bits per heavy atom. The molecule has 0 aromatic heterocycles. The van der Waals surface area contributed by atoms with Crippen LogP contribution in [-0.4, -0.2) is 5.75 Å². The molecule has 0 nitrogen and oxygen atoms in total. The van der Waals surface area contributed by atoms with Crippen LogP contribution in [0, 0.1) is 5.92 Å². The van der Waals surface area contributed by atoms with Crippen molar-refractivity contribution in [3.63, 3.8) is 0 Å². The summed E-state index contributed by atoms with van der Waals surface area (Å²) >= 11 is 1.96. The van der Waals surface area contributed by atoms with E-state index in [9.17, 15) is 0 Å². The van der Waals surface area contributed by atoms with Crippen LogP contribution in [0.15, 0.2) is 71.1 Å². The zero-order valence-corrected chi connectivity index (χ0v) is 11.1. The molecule has 1 fully saturated rings. The van der Waals surface area contributed by atoms with E-state index in [-0.39, 0.29) is 0 Å². The van der Waals surface area contributed by atoms with Gasteiger partial charge in [-0.15, -0.1) is 11.8 Å². The van der Waals surface area contributed by atoms with E-state index in [1.807, 2.05) is 11.8 Å². The SMILES string of the molecule is C(=C1/CC1CSc1ccccc1)/c1ccccc1. The molecule has 2 aromatic carbocycles. The van der Waals surface area contributed by atoms with E-state index in [0.29, 0.717) is 0 Å². The lowest BCUT2D eigenvalue weighted by molar-refractivity contribution is 1.04. The molecule has 90 valence electrons. The Labute approximate surface area is 113 Å². The summed E-state index contributed by atoms with van der Waals surface area (Å²) in [6.45, 7) is 0. The molecule has 1 heteroatoms. The first kappa shape index (κ1) is 11.6. The van der Waals surface area contributed by atoms with Crippen LogP contribution in [0.5, 0.6) is 0 Å². The largest absolute Gasteiger partial charge is 0.126 e. The highest BCUT2D eigenvalue weighted by atomic mass is 32.2. The molecule has 0 spiro atoms. The van der Waals surface area contributed by atoms with Crippen LogP contribution in [0.25, 0.3) is 6.08 Å². The van der Waals surface area contributed by atoms with Gasteiger partial charge in [-0.25, -0.2) is 0 Å². The van der Waals surface area contributed by atoms with Crippen LogP contribution in [0.2, 0.25) is 0 Å². The molecule has 1 atom stereocenters. The molecule has 0 saturated heterocycles. The zero-order chi connectivity index (χ0) is 12.2. The minimum Gasteiger partial charge on any atom is -0.126 e. The Morgan fingerprint density at radius 2 is 1.61 bits per heavy atom. The lowest BCUT2D eigenvalue weighted by Crippen LogP contribution is -1.81. The first-order chi connectivity index (χ1) is 8.92. The molecular weight excluding hydrogens is 236 g/mol. The summed E-state index contributed by atoms with van der Waals surface area (Å²) in [7, 11) is 0. The molecule has 1 aliphatic rings. The van der Waals surface area contributed by atoms with Gasteiger partial charge in [-0.05, 0) is 30.0 Å². The van der Waals surface area contributed by atoms with Gasteiger partial charge in [0.05, 0.1) is 0 Å². The van der Waals surface area contributed by atoms with E-state index in [1.165, 1.54) is 22.6 Å². The summed E-state index contributed by atoms with van der Waals surface area (Å²) in [6, 6.07) is 21.3. The number of hydrogen-bond donors (Lipinski definition) is 0. The molecule has 1 saturated carbocycles. The predicted octanol–water partition coefficient (Wildman–Crippen LogP) is 4.88. The van der Waals surface area contributed by atoms with Crippen molar-refractivity contribution in [1.82, 2.24) is 0 Å². The molecule has 0 amide bonds. The standard InChI is InChI=1S/C17H16S/c1-3-7-14(8-4-1)11-15-12-16(15)13-18-17-9-5-2-6-10-17/h1-11,16H,12-13H2/b15-11+. The van der Waals surface area contributed by atoms with Crippen LogP contribution >= 0.6 is 11.8 Å². The van der Waals surface area contributed by atoms with Crippen LogP contribution in [0.1, 0.15) is 12.0 Å². The maximum Gasteiger partial charge on any atom is 0.00721 e. The second-order valence-corrected chi connectivity index (χ2v) is 5.75. The monoisotopic (exact) mass is 252 g/mol. The molecule has 3 rings (SSSR count). The van der Waals surface area contributed by atoms with E-state index >= 15 is 0 Å². The molecule has 18 heavy (non-hydrogen) atoms. The highest BCUT2D eigenvalue weighted by Crippen LogP contribution is 2.42. The Kier molecular flexibility index (Phi) is 3.51. The quantitative estimate of drug-likeness (QED) is 0.699. The first-order valence-electron chi connectivity index (χ1n) is 6.35. The van der Waals surface area contributed by atoms with Crippen LogP contribution < -0.4 is 0 Å². The third-order valence-electron chi connectivity index (χ3n) is 3.19. The molecule has 0 bridgehead atoms. The second kappa shape index (κ2) is 5.45. The fourth-order valence-corrected chi connectivity index (χ4v) is 3.12. The van der Waals surface area contributed by atoms with E-state index in [2.05, 4.69) is 66.7 Å². The van der Waals surface area contributed by atoms with Gasteiger partial charge in [-0.1, -0.05) is 60.2 Å². The summed E-state index contributed by atoms with van der Waals surface area (Å²) in [5.41, 5.74) is 2.93. The molecule has 0 N–H and O–H groups in total. The first-order valence-corrected chi connectivity index (χ1v) is 7.34. The van der Waals surface area contributed by atoms with Crippen LogP contribution in [0.4, 0.5) is 0 Å². The Morgan fingerprint density at radius 3 is 2.33 bits per heavy atom. The molecule has 0 heterocycles. The number of thioether (sulfide) groups is 1. The van der Waals surface area contributed by atoms with E-state index < -0.39 is 0 Å². The predicted molar refractivity (Wildman–Crippen MR) is 79.7 cm³/mol. The second-order valence-electron chi connectivity index (χ2n) is 4.66. The topological polar surface area (TPSA) is 0 Å². The van der Waals surface area contributed by atoms with E-state index in [0.717, 1.165) is 5.92 Å². The van der Waals surface area contributed by atoms with Crippen molar-refractivity contribution in [2.24, 2.45) is 5.92 Å². The van der Waals surface area contributed by atoms with Crippen molar-refractivity contribution >= 4 is 17.8 Å². The number of benzene rings is 2. The fourth-order valence-electron chi connectivity index (χ4n) is 2.05. The molecule has 1 unspecified atom stereocenters. The van der Waals surface area contributed by atoms with Crippen molar-refractivity contribution in [2.75, 3.05) is 5.75 Å². The third-order valence-corrected chi connectivity index (χ3v) is 4.37. The molecule has 1 aliphatic carbocycles.